The van der Waals surface area contributed by atoms with E-state index in [0.29, 0.717) is 22.6 Å². The lowest BCUT2D eigenvalue weighted by Crippen LogP contribution is -2.41. The maximum absolute atomic E-state index is 13.6. The number of amides is 1. The van der Waals surface area contributed by atoms with Gasteiger partial charge in [-0.2, -0.15) is 0 Å². The van der Waals surface area contributed by atoms with E-state index in [1.807, 2.05) is 6.07 Å². The number of carbonyl (C=O) groups is 3. The molecular weight excluding hydrogens is 478 g/mol. The van der Waals surface area contributed by atoms with Crippen LogP contribution < -0.4 is 9.47 Å². The zero-order valence-corrected chi connectivity index (χ0v) is 22.6. The van der Waals surface area contributed by atoms with Gasteiger partial charge in [-0.3, -0.25) is 9.69 Å². The molecule has 2 aromatic rings. The van der Waals surface area contributed by atoms with Gasteiger partial charge in [0.2, 0.25) is 0 Å². The van der Waals surface area contributed by atoms with Crippen molar-refractivity contribution in [2.45, 2.75) is 65.5 Å². The van der Waals surface area contributed by atoms with E-state index in [-0.39, 0.29) is 0 Å². The normalized spacial score (nSPS) is 19.8. The molecule has 1 aliphatic rings. The number of hydrogen-bond acceptors (Lipinski definition) is 8. The molecule has 2 aromatic carbocycles. The number of nitrogens with zero attached hydrogens (tertiary/aromatic N) is 1. The number of ether oxygens (including phenoxy) is 5. The SMILES string of the molecule is COc1ccc(C2O[C@@H](C(=O)OC(=O)C(C)(C)C)C(c3ccccc3)N2C(=O)OC(C)(C)C)c(OC)c1. The summed E-state index contributed by atoms with van der Waals surface area (Å²) in [5, 5.41) is 0. The van der Waals surface area contributed by atoms with Crippen LogP contribution in [0.15, 0.2) is 48.5 Å². The molecule has 0 radical (unpaired) electrons. The van der Waals surface area contributed by atoms with Crippen molar-refractivity contribution in [3.05, 3.63) is 59.7 Å². The Kier molecular flexibility index (Phi) is 8.17. The molecule has 2 unspecified atom stereocenters. The lowest BCUT2D eigenvalue weighted by Gasteiger charge is -2.32. The highest BCUT2D eigenvalue weighted by Gasteiger charge is 2.53. The molecule has 9 heteroatoms. The maximum atomic E-state index is 13.6. The quantitative estimate of drug-likeness (QED) is 0.398. The molecule has 9 nitrogen and oxygen atoms in total. The number of benzene rings is 2. The molecule has 3 atom stereocenters. The van der Waals surface area contributed by atoms with Crippen molar-refractivity contribution >= 4 is 18.0 Å². The van der Waals surface area contributed by atoms with E-state index in [0.717, 1.165) is 0 Å². The van der Waals surface area contributed by atoms with Crippen LogP contribution >= 0.6 is 0 Å². The Morgan fingerprint density at radius 1 is 0.892 bits per heavy atom. The van der Waals surface area contributed by atoms with Crippen molar-refractivity contribution in [1.82, 2.24) is 4.90 Å². The average molecular weight is 514 g/mol. The molecule has 3 rings (SSSR count). The summed E-state index contributed by atoms with van der Waals surface area (Å²) >= 11 is 0. The van der Waals surface area contributed by atoms with Gasteiger partial charge in [0, 0.05) is 11.6 Å². The number of methoxy groups -OCH3 is 2. The van der Waals surface area contributed by atoms with Crippen molar-refractivity contribution in [2.75, 3.05) is 14.2 Å². The van der Waals surface area contributed by atoms with Crippen molar-refractivity contribution < 1.29 is 38.1 Å². The molecule has 0 aliphatic carbocycles. The predicted molar refractivity (Wildman–Crippen MR) is 135 cm³/mol. The fourth-order valence-corrected chi connectivity index (χ4v) is 3.81. The van der Waals surface area contributed by atoms with Crippen LogP contribution in [-0.2, 0) is 23.8 Å². The smallest absolute Gasteiger partial charge is 0.413 e. The van der Waals surface area contributed by atoms with Crippen molar-refractivity contribution in [1.29, 1.82) is 0 Å². The van der Waals surface area contributed by atoms with E-state index in [1.54, 1.807) is 84.0 Å². The highest BCUT2D eigenvalue weighted by atomic mass is 16.6. The van der Waals surface area contributed by atoms with E-state index in [4.69, 9.17) is 23.7 Å². The Morgan fingerprint density at radius 2 is 1.54 bits per heavy atom. The van der Waals surface area contributed by atoms with Gasteiger partial charge in [0.1, 0.15) is 23.1 Å². The first-order chi connectivity index (χ1) is 17.3. The molecule has 1 aliphatic heterocycles. The van der Waals surface area contributed by atoms with Gasteiger partial charge in [-0.25, -0.2) is 9.59 Å². The topological polar surface area (TPSA) is 101 Å². The van der Waals surface area contributed by atoms with Crippen LogP contribution in [0.1, 0.15) is 64.9 Å². The lowest BCUT2D eigenvalue weighted by atomic mass is 9.97. The van der Waals surface area contributed by atoms with Crippen molar-refractivity contribution in [2.24, 2.45) is 5.41 Å². The highest BCUT2D eigenvalue weighted by Crippen LogP contribution is 2.47. The van der Waals surface area contributed by atoms with Gasteiger partial charge < -0.3 is 23.7 Å². The van der Waals surface area contributed by atoms with Crippen LogP contribution in [0.4, 0.5) is 4.79 Å². The Morgan fingerprint density at radius 3 is 2.08 bits per heavy atom. The third kappa shape index (κ3) is 6.40. The summed E-state index contributed by atoms with van der Waals surface area (Å²) in [6.07, 6.45) is -3.12. The summed E-state index contributed by atoms with van der Waals surface area (Å²) < 4.78 is 28.1. The summed E-state index contributed by atoms with van der Waals surface area (Å²) in [6, 6.07) is 13.0. The molecule has 1 amide bonds. The van der Waals surface area contributed by atoms with E-state index in [2.05, 4.69) is 0 Å². The molecule has 1 saturated heterocycles. The van der Waals surface area contributed by atoms with Gasteiger partial charge in [0.05, 0.1) is 19.6 Å². The molecule has 0 N–H and O–H groups in total. The molecule has 0 spiro atoms. The lowest BCUT2D eigenvalue weighted by molar-refractivity contribution is -0.173. The van der Waals surface area contributed by atoms with Gasteiger partial charge in [-0.1, -0.05) is 30.3 Å². The van der Waals surface area contributed by atoms with Crippen LogP contribution in [0.2, 0.25) is 0 Å². The number of rotatable bonds is 5. The first-order valence-electron chi connectivity index (χ1n) is 12.0. The Balaban J connectivity index is 2.16. The summed E-state index contributed by atoms with van der Waals surface area (Å²) in [5.74, 6) is -0.696. The van der Waals surface area contributed by atoms with Gasteiger partial charge >= 0.3 is 18.0 Å². The van der Waals surface area contributed by atoms with Crippen LogP contribution in [0.5, 0.6) is 11.5 Å². The predicted octanol–water partition coefficient (Wildman–Crippen LogP) is 5.20. The molecule has 1 heterocycles. The first kappa shape index (κ1) is 28.0. The van der Waals surface area contributed by atoms with Crippen molar-refractivity contribution in [3.8, 4) is 11.5 Å². The number of carbonyl (C=O) groups excluding carboxylic acids is 3. The Bertz CT molecular complexity index is 1130. The minimum atomic E-state index is -1.32. The largest absolute Gasteiger partial charge is 0.497 e. The average Bonchev–Trinajstić information content (AvgIpc) is 3.23. The van der Waals surface area contributed by atoms with E-state index >= 15 is 0 Å². The third-order valence-corrected chi connectivity index (χ3v) is 5.60. The van der Waals surface area contributed by atoms with Crippen LogP contribution in [0.25, 0.3) is 0 Å². The maximum Gasteiger partial charge on any atom is 0.413 e. The van der Waals surface area contributed by atoms with E-state index < -0.39 is 47.4 Å². The molecular formula is C28H35NO8. The van der Waals surface area contributed by atoms with Gasteiger partial charge in [0.25, 0.3) is 0 Å². The zero-order valence-electron chi connectivity index (χ0n) is 22.6. The summed E-state index contributed by atoms with van der Waals surface area (Å²) in [4.78, 5) is 40.9. The number of esters is 2. The molecule has 0 bridgehead atoms. The molecule has 0 saturated carbocycles. The molecule has 0 aromatic heterocycles. The Hall–Kier alpha value is -3.59. The fraction of sp³-hybridized carbons (Fsp3) is 0.464. The van der Waals surface area contributed by atoms with Gasteiger partial charge in [0.15, 0.2) is 12.3 Å². The van der Waals surface area contributed by atoms with Crippen LogP contribution in [0, 0.1) is 5.41 Å². The van der Waals surface area contributed by atoms with Crippen LogP contribution in [0.3, 0.4) is 0 Å². The standard InChI is InChI=1S/C28H35NO8/c1-27(2,3)25(31)36-24(30)22-21(17-12-10-9-11-13-17)29(26(32)37-28(4,5)6)23(35-22)19-15-14-18(33-7)16-20(19)34-8/h9-16,21-23H,1-8H3/t21?,22-,23?/m1/s1. The van der Waals surface area contributed by atoms with Gasteiger partial charge in [-0.15, -0.1) is 0 Å². The summed E-state index contributed by atoms with van der Waals surface area (Å²) in [7, 11) is 3.00. The first-order valence-corrected chi connectivity index (χ1v) is 12.0. The second kappa shape index (κ2) is 10.8. The molecule has 37 heavy (non-hydrogen) atoms. The van der Waals surface area contributed by atoms with E-state index in [9.17, 15) is 14.4 Å². The zero-order chi connectivity index (χ0) is 27.5. The number of hydrogen-bond donors (Lipinski definition) is 0. The second-order valence-electron chi connectivity index (χ2n) is 10.7. The molecule has 200 valence electrons. The third-order valence-electron chi connectivity index (χ3n) is 5.60. The van der Waals surface area contributed by atoms with Crippen LogP contribution in [-0.4, -0.2) is 48.9 Å². The monoisotopic (exact) mass is 513 g/mol. The highest BCUT2D eigenvalue weighted by molar-refractivity contribution is 5.91. The fourth-order valence-electron chi connectivity index (χ4n) is 3.81. The van der Waals surface area contributed by atoms with Gasteiger partial charge in [-0.05, 0) is 59.2 Å². The van der Waals surface area contributed by atoms with Crippen molar-refractivity contribution in [3.63, 3.8) is 0 Å². The minimum Gasteiger partial charge on any atom is -0.497 e. The Labute approximate surface area is 217 Å². The summed E-state index contributed by atoms with van der Waals surface area (Å²) in [5.41, 5.74) is -0.672. The summed E-state index contributed by atoms with van der Waals surface area (Å²) in [6.45, 7) is 10.2. The minimum absolute atomic E-state index is 0.379. The second-order valence-corrected chi connectivity index (χ2v) is 10.7. The molecule has 1 fully saturated rings. The van der Waals surface area contributed by atoms with E-state index in [1.165, 1.54) is 19.1 Å².